The smallest absolute Gasteiger partial charge is 0.317 e. The largest absolute Gasteiger partial charge is 0.338 e. The number of amides is 2. The molecule has 8 heteroatoms. The molecule has 1 aliphatic heterocycles. The Morgan fingerprint density at radius 3 is 2.39 bits per heavy atom. The van der Waals surface area contributed by atoms with Gasteiger partial charge in [-0.3, -0.25) is 0 Å². The maximum atomic E-state index is 13.5. The van der Waals surface area contributed by atoms with Gasteiger partial charge in [0.2, 0.25) is 5.88 Å². The maximum absolute atomic E-state index is 13.5. The zero-order valence-corrected chi connectivity index (χ0v) is 19.2. The van der Waals surface area contributed by atoms with Crippen LogP contribution in [0.2, 0.25) is 0 Å². The van der Waals surface area contributed by atoms with Gasteiger partial charge in [0.25, 0.3) is 0 Å². The van der Waals surface area contributed by atoms with Crippen LogP contribution < -0.4 is 10.2 Å². The normalized spacial score (nSPS) is 15.0. The number of aromatic nitrogens is 1. The molecule has 0 bridgehead atoms. The van der Waals surface area contributed by atoms with Gasteiger partial charge in [0.1, 0.15) is 11.5 Å². The van der Waals surface area contributed by atoms with E-state index in [4.69, 9.17) is 4.52 Å². The third kappa shape index (κ3) is 5.97. The van der Waals surface area contributed by atoms with E-state index in [0.717, 1.165) is 37.3 Å². The quantitative estimate of drug-likeness (QED) is 0.722. The number of nitrogens with one attached hydrogen (secondary N) is 1. The van der Waals surface area contributed by atoms with Gasteiger partial charge in [0.05, 0.1) is 12.1 Å². The van der Waals surface area contributed by atoms with E-state index in [1.54, 1.807) is 12.1 Å². The fourth-order valence-electron chi connectivity index (χ4n) is 3.72. The molecule has 1 aromatic heterocycles. The molecule has 1 aliphatic rings. The number of urea groups is 1. The highest BCUT2D eigenvalue weighted by Gasteiger charge is 2.28. The average molecular weight is 432 g/mol. The van der Waals surface area contributed by atoms with E-state index >= 15 is 0 Å². The average Bonchev–Trinajstić information content (AvgIpc) is 3.11. The van der Waals surface area contributed by atoms with E-state index in [-0.39, 0.29) is 17.9 Å². The van der Waals surface area contributed by atoms with Crippen molar-refractivity contribution in [2.45, 2.75) is 40.3 Å². The summed E-state index contributed by atoms with van der Waals surface area (Å²) < 4.78 is 19.3. The standard InChI is InChI=1S/C23H34FN5O2/c1-16(2)14-29(23(30)25-17(3)4)15-20-21(18-6-8-19(24)9-7-18)26-31-22(20)28-12-10-27(5)11-13-28/h6-9,16-17H,10-15H2,1-5H3,(H,25,30). The molecule has 1 saturated heterocycles. The number of hydrogen-bond donors (Lipinski definition) is 1. The first kappa shape index (κ1) is 23.1. The Labute approximate surface area is 184 Å². The van der Waals surface area contributed by atoms with Crippen LogP contribution in [-0.4, -0.2) is 66.8 Å². The lowest BCUT2D eigenvalue weighted by atomic mass is 10.1. The second-order valence-corrected chi connectivity index (χ2v) is 8.99. The van der Waals surface area contributed by atoms with E-state index in [1.165, 1.54) is 12.1 Å². The summed E-state index contributed by atoms with van der Waals surface area (Å²) in [6, 6.07) is 6.16. The summed E-state index contributed by atoms with van der Waals surface area (Å²) in [6.45, 7) is 12.5. The molecule has 3 rings (SSSR count). The lowest BCUT2D eigenvalue weighted by molar-refractivity contribution is 0.185. The second kappa shape index (κ2) is 10.1. The van der Waals surface area contributed by atoms with Gasteiger partial charge >= 0.3 is 6.03 Å². The number of nitrogens with zero attached hydrogens (tertiary/aromatic N) is 4. The van der Waals surface area contributed by atoms with E-state index in [1.807, 2.05) is 18.7 Å². The van der Waals surface area contributed by atoms with E-state index in [9.17, 15) is 9.18 Å². The molecule has 31 heavy (non-hydrogen) atoms. The summed E-state index contributed by atoms with van der Waals surface area (Å²) >= 11 is 0. The molecule has 0 radical (unpaired) electrons. The molecule has 0 aliphatic carbocycles. The van der Waals surface area contributed by atoms with Crippen molar-refractivity contribution in [2.24, 2.45) is 5.92 Å². The van der Waals surface area contributed by atoms with Gasteiger partial charge in [0, 0.05) is 44.3 Å². The zero-order valence-electron chi connectivity index (χ0n) is 19.2. The highest BCUT2D eigenvalue weighted by Crippen LogP contribution is 2.33. The summed E-state index contributed by atoms with van der Waals surface area (Å²) in [5.41, 5.74) is 2.28. The van der Waals surface area contributed by atoms with Crippen LogP contribution in [-0.2, 0) is 6.54 Å². The minimum atomic E-state index is -0.300. The number of likely N-dealkylation sites (N-methyl/N-ethyl adjacent to an activating group) is 1. The van der Waals surface area contributed by atoms with Crippen LogP contribution in [0.5, 0.6) is 0 Å². The molecule has 0 atom stereocenters. The number of piperazine rings is 1. The molecular weight excluding hydrogens is 397 g/mol. The number of carbonyl (C=O) groups excluding carboxylic acids is 1. The molecular formula is C23H34FN5O2. The Hall–Kier alpha value is -2.61. The Morgan fingerprint density at radius 1 is 1.16 bits per heavy atom. The summed E-state index contributed by atoms with van der Waals surface area (Å²) in [6.07, 6.45) is 0. The van der Waals surface area contributed by atoms with Crippen LogP contribution in [0.15, 0.2) is 28.8 Å². The van der Waals surface area contributed by atoms with Crippen LogP contribution in [0.1, 0.15) is 33.3 Å². The first-order valence-corrected chi connectivity index (χ1v) is 11.0. The topological polar surface area (TPSA) is 64.9 Å². The summed E-state index contributed by atoms with van der Waals surface area (Å²) in [7, 11) is 2.10. The molecule has 0 unspecified atom stereocenters. The van der Waals surface area contributed by atoms with Crippen LogP contribution in [0.25, 0.3) is 11.3 Å². The molecule has 170 valence electrons. The SMILES string of the molecule is CC(C)CN(Cc1c(-c2ccc(F)cc2)noc1N1CCN(C)CC1)C(=O)NC(C)C. The highest BCUT2D eigenvalue weighted by atomic mass is 19.1. The molecule has 0 spiro atoms. The fourth-order valence-corrected chi connectivity index (χ4v) is 3.72. The number of halogens is 1. The maximum Gasteiger partial charge on any atom is 0.317 e. The number of hydrogen-bond acceptors (Lipinski definition) is 5. The Bertz CT molecular complexity index is 857. The summed E-state index contributed by atoms with van der Waals surface area (Å²) in [4.78, 5) is 19.2. The number of carbonyl (C=O) groups is 1. The lowest BCUT2D eigenvalue weighted by Gasteiger charge is -2.33. The van der Waals surface area contributed by atoms with Crippen molar-refractivity contribution >= 4 is 11.9 Å². The van der Waals surface area contributed by atoms with E-state index < -0.39 is 0 Å². The molecule has 2 aromatic rings. The number of rotatable bonds is 7. The fraction of sp³-hybridized carbons (Fsp3) is 0.565. The summed E-state index contributed by atoms with van der Waals surface area (Å²) in [5.74, 6) is 0.698. The van der Waals surface area contributed by atoms with Crippen molar-refractivity contribution in [1.82, 2.24) is 20.3 Å². The third-order valence-corrected chi connectivity index (χ3v) is 5.31. The van der Waals surface area contributed by atoms with Crippen molar-refractivity contribution in [3.63, 3.8) is 0 Å². The zero-order chi connectivity index (χ0) is 22.5. The van der Waals surface area contributed by atoms with Crippen LogP contribution >= 0.6 is 0 Å². The van der Waals surface area contributed by atoms with Gasteiger partial charge in [-0.05, 0) is 51.1 Å². The van der Waals surface area contributed by atoms with Crippen LogP contribution in [0, 0.1) is 11.7 Å². The Balaban J connectivity index is 1.98. The van der Waals surface area contributed by atoms with Crippen molar-refractivity contribution in [3.8, 4) is 11.3 Å². The molecule has 7 nitrogen and oxygen atoms in total. The van der Waals surface area contributed by atoms with Gasteiger partial charge in [-0.2, -0.15) is 0 Å². The van der Waals surface area contributed by atoms with Crippen molar-refractivity contribution in [3.05, 3.63) is 35.6 Å². The second-order valence-electron chi connectivity index (χ2n) is 8.99. The van der Waals surface area contributed by atoms with E-state index in [0.29, 0.717) is 30.6 Å². The van der Waals surface area contributed by atoms with Crippen molar-refractivity contribution < 1.29 is 13.7 Å². The first-order valence-electron chi connectivity index (χ1n) is 11.0. The Morgan fingerprint density at radius 2 is 1.81 bits per heavy atom. The van der Waals surface area contributed by atoms with E-state index in [2.05, 4.69) is 41.2 Å². The number of benzene rings is 1. The van der Waals surface area contributed by atoms with Crippen LogP contribution in [0.3, 0.4) is 0 Å². The first-order chi connectivity index (χ1) is 14.7. The van der Waals surface area contributed by atoms with Crippen molar-refractivity contribution in [2.75, 3.05) is 44.7 Å². The van der Waals surface area contributed by atoms with Crippen LogP contribution in [0.4, 0.5) is 15.1 Å². The van der Waals surface area contributed by atoms with Gasteiger partial charge in [0.15, 0.2) is 0 Å². The molecule has 1 fully saturated rings. The highest BCUT2D eigenvalue weighted by molar-refractivity contribution is 5.76. The monoisotopic (exact) mass is 431 g/mol. The molecule has 2 amide bonds. The molecule has 2 heterocycles. The molecule has 1 N–H and O–H groups in total. The van der Waals surface area contributed by atoms with Gasteiger partial charge < -0.3 is 24.5 Å². The Kier molecular flexibility index (Phi) is 7.54. The van der Waals surface area contributed by atoms with Gasteiger partial charge in [-0.25, -0.2) is 9.18 Å². The van der Waals surface area contributed by atoms with Gasteiger partial charge in [-0.1, -0.05) is 19.0 Å². The minimum absolute atomic E-state index is 0.0401. The molecule has 0 saturated carbocycles. The predicted octanol–water partition coefficient (Wildman–Crippen LogP) is 3.81. The third-order valence-electron chi connectivity index (χ3n) is 5.31. The summed E-state index contributed by atoms with van der Waals surface area (Å²) in [5, 5.41) is 7.35. The minimum Gasteiger partial charge on any atom is -0.338 e. The number of anilines is 1. The molecule has 1 aromatic carbocycles. The van der Waals surface area contributed by atoms with Crippen molar-refractivity contribution in [1.29, 1.82) is 0 Å². The lowest BCUT2D eigenvalue weighted by Crippen LogP contribution is -2.46. The predicted molar refractivity (Wildman–Crippen MR) is 121 cm³/mol. The van der Waals surface area contributed by atoms with Gasteiger partial charge in [-0.15, -0.1) is 0 Å².